The number of carbonyl (C=O) groups is 1. The van der Waals surface area contributed by atoms with E-state index in [9.17, 15) is 4.79 Å². The van der Waals surface area contributed by atoms with Crippen LogP contribution >= 0.6 is 0 Å². The molecule has 0 radical (unpaired) electrons. The van der Waals surface area contributed by atoms with Crippen LogP contribution < -0.4 is 0 Å². The Morgan fingerprint density at radius 1 is 1.47 bits per heavy atom. The van der Waals surface area contributed by atoms with Crippen molar-refractivity contribution in [2.45, 2.75) is 33.1 Å². The van der Waals surface area contributed by atoms with Crippen LogP contribution in [0.1, 0.15) is 33.1 Å². The Morgan fingerprint density at radius 3 is 2.60 bits per heavy atom. The maximum atomic E-state index is 11.5. The van der Waals surface area contributed by atoms with Gasteiger partial charge in [-0.2, -0.15) is 0 Å². The van der Waals surface area contributed by atoms with Crippen LogP contribution in [0.15, 0.2) is 23.8 Å². The lowest BCUT2D eigenvalue weighted by molar-refractivity contribution is -0.129. The molecule has 0 atom stereocenters. The summed E-state index contributed by atoms with van der Waals surface area (Å²) in [6.07, 6.45) is 9.06. The molecule has 0 aromatic heterocycles. The van der Waals surface area contributed by atoms with Crippen LogP contribution in [-0.4, -0.2) is 24.9 Å². The highest BCUT2D eigenvalue weighted by Crippen LogP contribution is 2.36. The fraction of sp³-hybridized carbons (Fsp3) is 0.615. The first kappa shape index (κ1) is 12.0. The lowest BCUT2D eigenvalue weighted by Crippen LogP contribution is -2.24. The summed E-state index contributed by atoms with van der Waals surface area (Å²) in [6, 6.07) is 0. The van der Waals surface area contributed by atoms with Crippen molar-refractivity contribution in [3.05, 3.63) is 23.8 Å². The molecule has 0 saturated carbocycles. The van der Waals surface area contributed by atoms with E-state index in [1.165, 1.54) is 5.57 Å². The van der Waals surface area contributed by atoms with Gasteiger partial charge in [0, 0.05) is 20.5 Å². The molecule has 1 amide bonds. The van der Waals surface area contributed by atoms with Gasteiger partial charge in [0.05, 0.1) is 0 Å². The number of amides is 1. The van der Waals surface area contributed by atoms with E-state index in [-0.39, 0.29) is 11.3 Å². The molecule has 0 aromatic rings. The number of hydrogen-bond acceptors (Lipinski definition) is 1. The van der Waals surface area contributed by atoms with E-state index in [1.54, 1.807) is 4.90 Å². The molecule has 0 heterocycles. The van der Waals surface area contributed by atoms with E-state index in [2.05, 4.69) is 32.1 Å². The Balaban J connectivity index is 2.46. The van der Waals surface area contributed by atoms with E-state index in [0.717, 1.165) is 12.8 Å². The molecule has 2 nitrogen and oxygen atoms in total. The van der Waals surface area contributed by atoms with Crippen molar-refractivity contribution in [3.8, 4) is 0 Å². The second kappa shape index (κ2) is 4.65. The summed E-state index contributed by atoms with van der Waals surface area (Å²) in [4.78, 5) is 13.2. The lowest BCUT2D eigenvalue weighted by atomic mass is 9.79. The van der Waals surface area contributed by atoms with Gasteiger partial charge in [-0.15, -0.1) is 0 Å². The predicted molar refractivity (Wildman–Crippen MR) is 63.5 cm³/mol. The van der Waals surface area contributed by atoms with Crippen molar-refractivity contribution >= 4 is 5.91 Å². The highest BCUT2D eigenvalue weighted by Gasteiger charge is 2.24. The number of allylic oxidation sites excluding steroid dienone is 4. The number of nitrogens with zero attached hydrogens (tertiary/aromatic N) is 1. The van der Waals surface area contributed by atoms with Gasteiger partial charge >= 0.3 is 0 Å². The summed E-state index contributed by atoms with van der Waals surface area (Å²) in [5.74, 6) is 0.217. The minimum atomic E-state index is 0.148. The predicted octanol–water partition coefficient (Wildman–Crippen LogP) is 2.77. The minimum absolute atomic E-state index is 0.148. The zero-order valence-electron chi connectivity index (χ0n) is 10.2. The molecule has 0 aliphatic heterocycles. The SMILES string of the molecule is CN(C)C(=O)CCC(C)(C)C1=CC=CC1. The summed E-state index contributed by atoms with van der Waals surface area (Å²) in [5, 5.41) is 0. The topological polar surface area (TPSA) is 20.3 Å². The molecule has 0 bridgehead atoms. The van der Waals surface area contributed by atoms with Gasteiger partial charge in [0.2, 0.25) is 5.91 Å². The van der Waals surface area contributed by atoms with Crippen LogP contribution in [0.2, 0.25) is 0 Å². The maximum Gasteiger partial charge on any atom is 0.222 e. The van der Waals surface area contributed by atoms with Gasteiger partial charge in [-0.25, -0.2) is 0 Å². The quantitative estimate of drug-likeness (QED) is 0.694. The van der Waals surface area contributed by atoms with Gasteiger partial charge in [0.15, 0.2) is 0 Å². The zero-order valence-corrected chi connectivity index (χ0v) is 10.2. The Hall–Kier alpha value is -1.05. The Kier molecular flexibility index (Phi) is 3.72. The molecule has 1 rings (SSSR count). The third-order valence-corrected chi connectivity index (χ3v) is 3.10. The molecule has 0 saturated heterocycles. The molecule has 84 valence electrons. The molecular formula is C13H21NO. The number of rotatable bonds is 4. The van der Waals surface area contributed by atoms with Gasteiger partial charge in [-0.05, 0) is 18.3 Å². The Bertz CT molecular complexity index is 298. The highest BCUT2D eigenvalue weighted by molar-refractivity contribution is 5.75. The summed E-state index contributed by atoms with van der Waals surface area (Å²) in [7, 11) is 3.62. The average molecular weight is 207 g/mol. The van der Waals surface area contributed by atoms with Crippen molar-refractivity contribution in [2.75, 3.05) is 14.1 Å². The van der Waals surface area contributed by atoms with Crippen LogP contribution in [0.5, 0.6) is 0 Å². The third-order valence-electron chi connectivity index (χ3n) is 3.10. The normalized spacial score (nSPS) is 15.3. The van der Waals surface area contributed by atoms with Crippen molar-refractivity contribution in [2.24, 2.45) is 5.41 Å². The molecule has 0 spiro atoms. The monoisotopic (exact) mass is 207 g/mol. The van der Waals surface area contributed by atoms with Crippen LogP contribution in [0, 0.1) is 5.41 Å². The molecular weight excluding hydrogens is 186 g/mol. The molecule has 0 fully saturated rings. The van der Waals surface area contributed by atoms with E-state index in [1.807, 2.05) is 14.1 Å². The number of hydrogen-bond donors (Lipinski definition) is 0. The van der Waals surface area contributed by atoms with Crippen molar-refractivity contribution in [3.63, 3.8) is 0 Å². The maximum absolute atomic E-state index is 11.5. The van der Waals surface area contributed by atoms with Gasteiger partial charge in [0.25, 0.3) is 0 Å². The molecule has 1 aliphatic carbocycles. The van der Waals surface area contributed by atoms with Crippen molar-refractivity contribution in [1.82, 2.24) is 4.90 Å². The lowest BCUT2D eigenvalue weighted by Gasteiger charge is -2.26. The average Bonchev–Trinajstić information content (AvgIpc) is 2.67. The summed E-state index contributed by atoms with van der Waals surface area (Å²) >= 11 is 0. The van der Waals surface area contributed by atoms with Gasteiger partial charge in [-0.1, -0.05) is 37.6 Å². The Morgan fingerprint density at radius 2 is 2.13 bits per heavy atom. The highest BCUT2D eigenvalue weighted by atomic mass is 16.2. The molecule has 0 unspecified atom stereocenters. The standard InChI is InChI=1S/C13H21NO/c1-13(2,11-7-5-6-8-11)10-9-12(15)14(3)4/h5-7H,8-10H2,1-4H3. The zero-order chi connectivity index (χ0) is 11.5. The summed E-state index contributed by atoms with van der Waals surface area (Å²) in [6.45, 7) is 4.43. The van der Waals surface area contributed by atoms with E-state index in [4.69, 9.17) is 0 Å². The number of carbonyl (C=O) groups excluding carboxylic acids is 1. The third kappa shape index (κ3) is 3.22. The van der Waals surface area contributed by atoms with Crippen LogP contribution in [0.25, 0.3) is 0 Å². The van der Waals surface area contributed by atoms with Crippen molar-refractivity contribution in [1.29, 1.82) is 0 Å². The molecule has 0 N–H and O–H groups in total. The molecule has 2 heteroatoms. The summed E-state index contributed by atoms with van der Waals surface area (Å²) in [5.41, 5.74) is 1.59. The van der Waals surface area contributed by atoms with E-state index >= 15 is 0 Å². The molecule has 0 aromatic carbocycles. The van der Waals surface area contributed by atoms with E-state index in [0.29, 0.717) is 6.42 Å². The second-order valence-corrected chi connectivity index (χ2v) is 5.00. The van der Waals surface area contributed by atoms with Crippen LogP contribution in [0.3, 0.4) is 0 Å². The first-order chi connectivity index (χ1) is 6.93. The van der Waals surface area contributed by atoms with Gasteiger partial charge in [-0.3, -0.25) is 4.79 Å². The summed E-state index contributed by atoms with van der Waals surface area (Å²) < 4.78 is 0. The molecule has 15 heavy (non-hydrogen) atoms. The largest absolute Gasteiger partial charge is 0.349 e. The van der Waals surface area contributed by atoms with Crippen LogP contribution in [0.4, 0.5) is 0 Å². The fourth-order valence-electron chi connectivity index (χ4n) is 1.75. The minimum Gasteiger partial charge on any atom is -0.349 e. The Labute approximate surface area is 92.7 Å². The molecule has 1 aliphatic rings. The van der Waals surface area contributed by atoms with Crippen LogP contribution in [-0.2, 0) is 4.79 Å². The first-order valence-electron chi connectivity index (χ1n) is 5.50. The van der Waals surface area contributed by atoms with Gasteiger partial charge < -0.3 is 4.90 Å². The van der Waals surface area contributed by atoms with Gasteiger partial charge in [0.1, 0.15) is 0 Å². The van der Waals surface area contributed by atoms with E-state index < -0.39 is 0 Å². The van der Waals surface area contributed by atoms with Crippen molar-refractivity contribution < 1.29 is 4.79 Å². The smallest absolute Gasteiger partial charge is 0.222 e. The fourth-order valence-corrected chi connectivity index (χ4v) is 1.75. The first-order valence-corrected chi connectivity index (χ1v) is 5.50. The second-order valence-electron chi connectivity index (χ2n) is 5.00.